The lowest BCUT2D eigenvalue weighted by molar-refractivity contribution is 0.196. The summed E-state index contributed by atoms with van der Waals surface area (Å²) < 4.78 is 11.1. The van der Waals surface area contributed by atoms with E-state index in [0.717, 1.165) is 35.5 Å². The third-order valence-corrected chi connectivity index (χ3v) is 3.12. The van der Waals surface area contributed by atoms with E-state index in [1.807, 2.05) is 18.2 Å². The van der Waals surface area contributed by atoms with Gasteiger partial charge in [-0.05, 0) is 46.7 Å². The van der Waals surface area contributed by atoms with E-state index >= 15 is 0 Å². The maximum absolute atomic E-state index is 5.21. The predicted octanol–water partition coefficient (Wildman–Crippen LogP) is 2.78. The second-order valence-corrected chi connectivity index (χ2v) is 4.84. The second kappa shape index (κ2) is 8.29. The number of methoxy groups -OCH3 is 2. The third-order valence-electron chi connectivity index (χ3n) is 2.22. The van der Waals surface area contributed by atoms with Crippen molar-refractivity contribution in [2.75, 3.05) is 32.7 Å². The molecule has 0 unspecified atom stereocenters. The number of hydrogen-bond donors (Lipinski definition) is 2. The molecule has 0 aromatic heterocycles. The van der Waals surface area contributed by atoms with E-state index in [-0.39, 0.29) is 0 Å². The summed E-state index contributed by atoms with van der Waals surface area (Å²) in [6.07, 6.45) is 0.919. The Hall–Kier alpha value is -0.850. The molecule has 0 amide bonds. The Morgan fingerprint density at radius 1 is 1.39 bits per heavy atom. The fourth-order valence-electron chi connectivity index (χ4n) is 1.33. The van der Waals surface area contributed by atoms with Crippen molar-refractivity contribution in [2.24, 2.45) is 0 Å². The van der Waals surface area contributed by atoms with Crippen LogP contribution >= 0.6 is 28.1 Å². The molecule has 1 aromatic carbocycles. The maximum Gasteiger partial charge on any atom is 0.170 e. The number of benzene rings is 1. The van der Waals surface area contributed by atoms with Gasteiger partial charge in [-0.15, -0.1) is 0 Å². The second-order valence-electron chi connectivity index (χ2n) is 3.58. The lowest BCUT2D eigenvalue weighted by atomic mass is 10.3. The normalized spacial score (nSPS) is 9.94. The first-order chi connectivity index (χ1) is 8.67. The van der Waals surface area contributed by atoms with Crippen molar-refractivity contribution in [1.29, 1.82) is 0 Å². The zero-order valence-corrected chi connectivity index (χ0v) is 12.9. The van der Waals surface area contributed by atoms with Crippen LogP contribution in [0.1, 0.15) is 6.42 Å². The van der Waals surface area contributed by atoms with Crippen molar-refractivity contribution in [1.82, 2.24) is 5.32 Å². The van der Waals surface area contributed by atoms with Crippen molar-refractivity contribution in [3.8, 4) is 5.75 Å². The first kappa shape index (κ1) is 15.2. The van der Waals surface area contributed by atoms with E-state index in [1.165, 1.54) is 0 Å². The molecule has 0 radical (unpaired) electrons. The van der Waals surface area contributed by atoms with E-state index < -0.39 is 0 Å². The fourth-order valence-corrected chi connectivity index (χ4v) is 1.96. The molecule has 0 heterocycles. The lowest BCUT2D eigenvalue weighted by Gasteiger charge is -2.11. The molecule has 0 aliphatic carbocycles. The number of hydrogen-bond acceptors (Lipinski definition) is 3. The highest BCUT2D eigenvalue weighted by Gasteiger charge is 2.02. The predicted molar refractivity (Wildman–Crippen MR) is 81.4 cm³/mol. The summed E-state index contributed by atoms with van der Waals surface area (Å²) in [5, 5.41) is 6.80. The van der Waals surface area contributed by atoms with Crippen LogP contribution in [-0.2, 0) is 4.74 Å². The SMILES string of the molecule is COCCCNC(=S)Nc1ccc(Br)c(OC)c1. The Morgan fingerprint density at radius 3 is 2.83 bits per heavy atom. The van der Waals surface area contributed by atoms with Gasteiger partial charge in [-0.2, -0.15) is 0 Å². The Kier molecular flexibility index (Phi) is 7.00. The number of ether oxygens (including phenoxy) is 2. The Morgan fingerprint density at radius 2 is 2.17 bits per heavy atom. The van der Waals surface area contributed by atoms with Crippen LogP contribution in [0.4, 0.5) is 5.69 Å². The van der Waals surface area contributed by atoms with E-state index in [9.17, 15) is 0 Å². The van der Waals surface area contributed by atoms with Crippen LogP contribution in [0.25, 0.3) is 0 Å². The molecule has 0 saturated carbocycles. The molecular weight excluding hydrogens is 316 g/mol. The molecule has 0 aliphatic heterocycles. The summed E-state index contributed by atoms with van der Waals surface area (Å²) in [4.78, 5) is 0. The minimum Gasteiger partial charge on any atom is -0.495 e. The quantitative estimate of drug-likeness (QED) is 0.619. The molecule has 100 valence electrons. The monoisotopic (exact) mass is 332 g/mol. The number of rotatable bonds is 6. The smallest absolute Gasteiger partial charge is 0.170 e. The Balaban J connectivity index is 2.44. The molecule has 0 fully saturated rings. The summed E-state index contributed by atoms with van der Waals surface area (Å²) in [5.74, 6) is 0.766. The first-order valence-electron chi connectivity index (χ1n) is 5.54. The zero-order valence-electron chi connectivity index (χ0n) is 10.5. The molecule has 1 rings (SSSR count). The summed E-state index contributed by atoms with van der Waals surface area (Å²) in [7, 11) is 3.32. The molecule has 6 heteroatoms. The van der Waals surface area contributed by atoms with Gasteiger partial charge in [-0.1, -0.05) is 0 Å². The van der Waals surface area contributed by atoms with Crippen LogP contribution in [0.5, 0.6) is 5.75 Å². The molecule has 1 aromatic rings. The van der Waals surface area contributed by atoms with Crippen LogP contribution in [0.3, 0.4) is 0 Å². The molecule has 0 atom stereocenters. The molecule has 4 nitrogen and oxygen atoms in total. The van der Waals surface area contributed by atoms with E-state index in [4.69, 9.17) is 21.7 Å². The van der Waals surface area contributed by atoms with Gasteiger partial charge in [0.1, 0.15) is 5.75 Å². The third kappa shape index (κ3) is 5.20. The molecule has 0 saturated heterocycles. The van der Waals surface area contributed by atoms with Crippen LogP contribution in [-0.4, -0.2) is 32.5 Å². The summed E-state index contributed by atoms with van der Waals surface area (Å²) in [6.45, 7) is 1.51. The number of halogens is 1. The van der Waals surface area contributed by atoms with Gasteiger partial charge in [-0.3, -0.25) is 0 Å². The fraction of sp³-hybridized carbons (Fsp3) is 0.417. The highest BCUT2D eigenvalue weighted by atomic mass is 79.9. The average Bonchev–Trinajstić information content (AvgIpc) is 2.37. The van der Waals surface area contributed by atoms with Gasteiger partial charge in [0.2, 0.25) is 0 Å². The van der Waals surface area contributed by atoms with E-state index in [0.29, 0.717) is 5.11 Å². The van der Waals surface area contributed by atoms with Crippen LogP contribution in [0.15, 0.2) is 22.7 Å². The van der Waals surface area contributed by atoms with Crippen LogP contribution < -0.4 is 15.4 Å². The molecule has 0 bridgehead atoms. The van der Waals surface area contributed by atoms with E-state index in [2.05, 4.69) is 26.6 Å². The van der Waals surface area contributed by atoms with Gasteiger partial charge in [0, 0.05) is 32.0 Å². The minimum atomic E-state index is 0.593. The van der Waals surface area contributed by atoms with Crippen molar-refractivity contribution in [3.05, 3.63) is 22.7 Å². The van der Waals surface area contributed by atoms with Gasteiger partial charge in [0.05, 0.1) is 11.6 Å². The molecule has 0 aliphatic rings. The highest BCUT2D eigenvalue weighted by molar-refractivity contribution is 9.10. The summed E-state index contributed by atoms with van der Waals surface area (Å²) in [5.41, 5.74) is 0.888. The van der Waals surface area contributed by atoms with Crippen molar-refractivity contribution < 1.29 is 9.47 Å². The molecule has 0 spiro atoms. The Bertz CT molecular complexity index is 402. The molecular formula is C12H17BrN2O2S. The van der Waals surface area contributed by atoms with Gasteiger partial charge in [0.15, 0.2) is 5.11 Å². The minimum absolute atomic E-state index is 0.593. The largest absolute Gasteiger partial charge is 0.495 e. The van der Waals surface area contributed by atoms with E-state index in [1.54, 1.807) is 14.2 Å². The van der Waals surface area contributed by atoms with Crippen molar-refractivity contribution in [2.45, 2.75) is 6.42 Å². The van der Waals surface area contributed by atoms with Crippen LogP contribution in [0.2, 0.25) is 0 Å². The molecule has 2 N–H and O–H groups in total. The van der Waals surface area contributed by atoms with Gasteiger partial charge in [0.25, 0.3) is 0 Å². The van der Waals surface area contributed by atoms with Gasteiger partial charge >= 0.3 is 0 Å². The summed E-state index contributed by atoms with van der Waals surface area (Å²) in [6, 6.07) is 5.72. The maximum atomic E-state index is 5.21. The molecule has 18 heavy (non-hydrogen) atoms. The first-order valence-corrected chi connectivity index (χ1v) is 6.75. The topological polar surface area (TPSA) is 42.5 Å². The standard InChI is InChI=1S/C12H17BrN2O2S/c1-16-7-3-6-14-12(18)15-9-4-5-10(13)11(8-9)17-2/h4-5,8H,3,6-7H2,1-2H3,(H2,14,15,18). The van der Waals surface area contributed by atoms with Crippen LogP contribution in [0, 0.1) is 0 Å². The number of nitrogens with one attached hydrogen (secondary N) is 2. The zero-order chi connectivity index (χ0) is 13.4. The van der Waals surface area contributed by atoms with Crippen molar-refractivity contribution in [3.63, 3.8) is 0 Å². The van der Waals surface area contributed by atoms with Crippen molar-refractivity contribution >= 4 is 38.9 Å². The Labute approximate surface area is 121 Å². The summed E-state index contributed by atoms with van der Waals surface area (Å²) >= 11 is 8.58. The number of thiocarbonyl (C=S) groups is 1. The average molecular weight is 333 g/mol. The highest BCUT2D eigenvalue weighted by Crippen LogP contribution is 2.27. The van der Waals surface area contributed by atoms with Gasteiger partial charge < -0.3 is 20.1 Å². The lowest BCUT2D eigenvalue weighted by Crippen LogP contribution is -2.29. The van der Waals surface area contributed by atoms with Gasteiger partial charge in [-0.25, -0.2) is 0 Å². The number of anilines is 1.